The van der Waals surface area contributed by atoms with E-state index in [9.17, 15) is 22.3 Å². The second-order valence-electron chi connectivity index (χ2n) is 6.22. The molecular weight excluding hydrogens is 354 g/mol. The van der Waals surface area contributed by atoms with Gasteiger partial charge in [-0.25, -0.2) is 31.6 Å². The third kappa shape index (κ3) is 3.70. The Hall–Kier alpha value is -1.91. The molecule has 0 aliphatic heterocycles. The van der Waals surface area contributed by atoms with E-state index < -0.39 is 32.5 Å². The van der Waals surface area contributed by atoms with Gasteiger partial charge in [0.1, 0.15) is 35.1 Å². The van der Waals surface area contributed by atoms with Gasteiger partial charge in [0.2, 0.25) is 10.0 Å². The Kier molecular flexibility index (Phi) is 4.60. The Bertz CT molecular complexity index is 856. The summed E-state index contributed by atoms with van der Waals surface area (Å²) in [6.07, 6.45) is 3.93. The lowest BCUT2D eigenvalue weighted by Gasteiger charge is -2.34. The smallest absolute Gasteiger partial charge is 0.217 e. The number of nitrogens with one attached hydrogen (secondary N) is 1. The molecular formula is C15H18F2N4O3S. The number of hydrogen-bond donors (Lipinski definition) is 2. The number of sulfonamides is 1. The van der Waals surface area contributed by atoms with Gasteiger partial charge >= 0.3 is 0 Å². The molecule has 1 saturated carbocycles. The van der Waals surface area contributed by atoms with E-state index in [0.717, 1.165) is 25.0 Å². The average Bonchev–Trinajstić information content (AvgIpc) is 3.18. The highest BCUT2D eigenvalue weighted by Crippen LogP contribution is 2.34. The van der Waals surface area contributed by atoms with Crippen LogP contribution in [0.1, 0.15) is 25.3 Å². The van der Waals surface area contributed by atoms with Gasteiger partial charge in [0.05, 0.1) is 6.54 Å². The van der Waals surface area contributed by atoms with Gasteiger partial charge in [-0.1, -0.05) is 6.07 Å². The molecule has 1 aromatic heterocycles. The Labute approximate surface area is 143 Å². The highest BCUT2D eigenvalue weighted by molar-refractivity contribution is 7.90. The first-order valence-electron chi connectivity index (χ1n) is 7.74. The van der Waals surface area contributed by atoms with Crippen molar-refractivity contribution in [1.82, 2.24) is 19.5 Å². The molecule has 0 bridgehead atoms. The van der Waals surface area contributed by atoms with Crippen LogP contribution in [0.2, 0.25) is 0 Å². The van der Waals surface area contributed by atoms with Crippen LogP contribution in [0.4, 0.5) is 8.78 Å². The molecule has 2 atom stereocenters. The maximum Gasteiger partial charge on any atom is 0.217 e. The summed E-state index contributed by atoms with van der Waals surface area (Å²) in [5.74, 6) is -1.85. The van der Waals surface area contributed by atoms with Crippen molar-refractivity contribution in [2.24, 2.45) is 0 Å². The van der Waals surface area contributed by atoms with E-state index in [0.29, 0.717) is 6.07 Å². The molecule has 2 aromatic rings. The summed E-state index contributed by atoms with van der Waals surface area (Å²) in [5, 5.41) is 13.6. The molecule has 0 saturated heterocycles. The molecule has 1 aliphatic carbocycles. The number of benzene rings is 1. The zero-order chi connectivity index (χ0) is 18.2. The molecule has 1 heterocycles. The molecule has 0 amide bonds. The molecule has 7 nitrogen and oxygen atoms in total. The number of rotatable bonds is 7. The van der Waals surface area contributed by atoms with Crippen LogP contribution < -0.4 is 4.72 Å². The van der Waals surface area contributed by atoms with Crippen LogP contribution >= 0.6 is 0 Å². The molecule has 3 rings (SSSR count). The van der Waals surface area contributed by atoms with Crippen molar-refractivity contribution in [3.8, 4) is 0 Å². The summed E-state index contributed by atoms with van der Waals surface area (Å²) in [7, 11) is -3.95. The highest BCUT2D eigenvalue weighted by atomic mass is 32.2. The standard InChI is InChI=1S/C15H18F2N4O3S/c1-10(25(23,24)20-12-3-4-12)15(22,7-21-9-18-8-19-21)13-5-2-11(16)6-14(13)17/h2,5-6,8-10,12,20,22H,3-4,7H2,1H3/t10-,15-/m1/s1. The molecule has 2 N–H and O–H groups in total. The fraction of sp³-hybridized carbons (Fsp3) is 0.467. The molecule has 1 aromatic carbocycles. The van der Waals surface area contributed by atoms with E-state index in [1.807, 2.05) is 0 Å². The predicted molar refractivity (Wildman–Crippen MR) is 84.8 cm³/mol. The fourth-order valence-corrected chi connectivity index (χ4v) is 4.25. The molecule has 0 radical (unpaired) electrons. The van der Waals surface area contributed by atoms with E-state index in [2.05, 4.69) is 14.8 Å². The summed E-state index contributed by atoms with van der Waals surface area (Å²) in [4.78, 5) is 3.74. The quantitative estimate of drug-likeness (QED) is 0.753. The molecule has 10 heteroatoms. The van der Waals surface area contributed by atoms with E-state index in [-0.39, 0.29) is 18.2 Å². The van der Waals surface area contributed by atoms with Crippen LogP contribution in [0.25, 0.3) is 0 Å². The van der Waals surface area contributed by atoms with E-state index in [1.54, 1.807) is 0 Å². The topological polar surface area (TPSA) is 97.1 Å². The van der Waals surface area contributed by atoms with Crippen LogP contribution in [-0.2, 0) is 22.2 Å². The number of aromatic nitrogens is 3. The second-order valence-corrected chi connectivity index (χ2v) is 8.25. The molecule has 25 heavy (non-hydrogen) atoms. The number of nitrogens with zero attached hydrogens (tertiary/aromatic N) is 3. The van der Waals surface area contributed by atoms with Crippen molar-refractivity contribution in [2.45, 2.75) is 43.2 Å². The van der Waals surface area contributed by atoms with Gasteiger partial charge in [0.15, 0.2) is 0 Å². The molecule has 0 unspecified atom stereocenters. The third-order valence-electron chi connectivity index (χ3n) is 4.31. The summed E-state index contributed by atoms with van der Waals surface area (Å²) in [6, 6.07) is 2.46. The van der Waals surface area contributed by atoms with Gasteiger partial charge in [0, 0.05) is 17.7 Å². The van der Waals surface area contributed by atoms with Crippen molar-refractivity contribution >= 4 is 10.0 Å². The summed E-state index contributed by atoms with van der Waals surface area (Å²) < 4.78 is 56.5. The SMILES string of the molecule is C[C@H]([C@](O)(Cn1cncn1)c1ccc(F)cc1F)S(=O)(=O)NC1CC1. The minimum absolute atomic E-state index is 0.166. The van der Waals surface area contributed by atoms with Crippen LogP contribution in [0.5, 0.6) is 0 Å². The van der Waals surface area contributed by atoms with Crippen molar-refractivity contribution in [3.05, 3.63) is 48.1 Å². The van der Waals surface area contributed by atoms with Crippen molar-refractivity contribution in [3.63, 3.8) is 0 Å². The first-order valence-corrected chi connectivity index (χ1v) is 9.28. The van der Waals surface area contributed by atoms with Gasteiger partial charge in [-0.3, -0.25) is 0 Å². The zero-order valence-electron chi connectivity index (χ0n) is 13.4. The maximum atomic E-state index is 14.3. The Morgan fingerprint density at radius 2 is 2.16 bits per heavy atom. The van der Waals surface area contributed by atoms with Gasteiger partial charge in [-0.2, -0.15) is 5.10 Å². The Morgan fingerprint density at radius 3 is 2.72 bits per heavy atom. The largest absolute Gasteiger partial charge is 0.382 e. The molecule has 1 fully saturated rings. The lowest BCUT2D eigenvalue weighted by Crippen LogP contribution is -2.50. The van der Waals surface area contributed by atoms with Crippen LogP contribution in [-0.4, -0.2) is 39.6 Å². The molecule has 136 valence electrons. The van der Waals surface area contributed by atoms with Crippen molar-refractivity contribution in [1.29, 1.82) is 0 Å². The molecule has 0 spiro atoms. The number of aliphatic hydroxyl groups is 1. The summed E-state index contributed by atoms with van der Waals surface area (Å²) in [5.41, 5.74) is -2.50. The lowest BCUT2D eigenvalue weighted by molar-refractivity contribution is 0.0107. The van der Waals surface area contributed by atoms with Gasteiger partial charge < -0.3 is 5.11 Å². The van der Waals surface area contributed by atoms with Gasteiger partial charge in [-0.05, 0) is 25.8 Å². The second kappa shape index (κ2) is 6.43. The van der Waals surface area contributed by atoms with Crippen LogP contribution in [0.15, 0.2) is 30.9 Å². The first kappa shape index (κ1) is 17.9. The average molecular weight is 372 g/mol. The maximum absolute atomic E-state index is 14.3. The minimum atomic E-state index is -3.95. The minimum Gasteiger partial charge on any atom is -0.382 e. The zero-order valence-corrected chi connectivity index (χ0v) is 14.2. The van der Waals surface area contributed by atoms with Crippen LogP contribution in [0.3, 0.4) is 0 Å². The predicted octanol–water partition coefficient (Wildman–Crippen LogP) is 0.914. The van der Waals surface area contributed by atoms with Gasteiger partial charge in [-0.15, -0.1) is 0 Å². The van der Waals surface area contributed by atoms with E-state index in [1.165, 1.54) is 24.3 Å². The van der Waals surface area contributed by atoms with Gasteiger partial charge in [0.25, 0.3) is 0 Å². The third-order valence-corrected chi connectivity index (χ3v) is 6.30. The molecule has 1 aliphatic rings. The van der Waals surface area contributed by atoms with E-state index >= 15 is 0 Å². The fourth-order valence-electron chi connectivity index (χ4n) is 2.63. The van der Waals surface area contributed by atoms with E-state index in [4.69, 9.17) is 0 Å². The first-order chi connectivity index (χ1) is 11.7. The number of hydrogen-bond acceptors (Lipinski definition) is 5. The lowest BCUT2D eigenvalue weighted by atomic mass is 9.90. The summed E-state index contributed by atoms with van der Waals surface area (Å²) >= 11 is 0. The highest BCUT2D eigenvalue weighted by Gasteiger charge is 2.47. The van der Waals surface area contributed by atoms with Crippen molar-refractivity contribution < 1.29 is 22.3 Å². The van der Waals surface area contributed by atoms with Crippen LogP contribution in [0, 0.1) is 11.6 Å². The number of halogens is 2. The summed E-state index contributed by atoms with van der Waals surface area (Å²) in [6.45, 7) is 0.923. The Balaban J connectivity index is 2.04. The Morgan fingerprint density at radius 1 is 1.44 bits per heavy atom. The van der Waals surface area contributed by atoms with Crippen molar-refractivity contribution in [2.75, 3.05) is 0 Å². The normalized spacial score (nSPS) is 18.7. The monoisotopic (exact) mass is 372 g/mol.